The van der Waals surface area contributed by atoms with E-state index in [9.17, 15) is 16.8 Å². The highest BCUT2D eigenvalue weighted by Gasteiger charge is 2.34. The molecule has 0 saturated heterocycles. The Kier molecular flexibility index (Phi) is 5.02. The van der Waals surface area contributed by atoms with E-state index in [1.54, 1.807) is 17.3 Å². The van der Waals surface area contributed by atoms with Crippen LogP contribution in [-0.2, 0) is 26.6 Å². The molecule has 16 heteroatoms. The second kappa shape index (κ2) is 7.40. The molecule has 3 heterocycles. The molecule has 0 saturated carbocycles. The predicted molar refractivity (Wildman–Crippen MR) is 104 cm³/mol. The van der Waals surface area contributed by atoms with Crippen molar-refractivity contribution in [3.63, 3.8) is 0 Å². The summed E-state index contributed by atoms with van der Waals surface area (Å²) >= 11 is 0. The number of aromatic amines is 1. The second-order valence-corrected chi connectivity index (χ2v) is 9.57. The zero-order valence-corrected chi connectivity index (χ0v) is 17.1. The van der Waals surface area contributed by atoms with Crippen molar-refractivity contribution in [2.24, 2.45) is 10.9 Å². The summed E-state index contributed by atoms with van der Waals surface area (Å²) in [5, 5.41) is 18.7. The average molecular weight is 454 g/mol. The Morgan fingerprint density at radius 2 is 2.00 bits per heavy atom. The zero-order valence-electron chi connectivity index (χ0n) is 15.4. The number of aromatic nitrogens is 6. The Morgan fingerprint density at radius 1 is 1.20 bits per heavy atom. The van der Waals surface area contributed by atoms with Crippen molar-refractivity contribution in [3.8, 4) is 11.4 Å². The molecule has 0 radical (unpaired) electrons. The third-order valence-corrected chi connectivity index (χ3v) is 7.11. The lowest BCUT2D eigenvalue weighted by Crippen LogP contribution is -2.31. The van der Waals surface area contributed by atoms with Crippen molar-refractivity contribution in [1.82, 2.24) is 34.9 Å². The number of nitrogens with two attached hydrogens (primary N) is 2. The van der Waals surface area contributed by atoms with Gasteiger partial charge in [-0.05, 0) is 22.6 Å². The lowest BCUT2D eigenvalue weighted by molar-refractivity contribution is 0.574. The highest BCUT2D eigenvalue weighted by Crippen LogP contribution is 2.41. The van der Waals surface area contributed by atoms with Crippen LogP contribution >= 0.6 is 0 Å². The lowest BCUT2D eigenvalue weighted by atomic mass is 10.1. The van der Waals surface area contributed by atoms with E-state index < -0.39 is 29.8 Å². The van der Waals surface area contributed by atoms with Gasteiger partial charge in [-0.15, -0.1) is 5.10 Å². The molecule has 0 amide bonds. The first-order chi connectivity index (χ1) is 14.2. The van der Waals surface area contributed by atoms with Gasteiger partial charge in [-0.1, -0.05) is 0 Å². The first-order valence-corrected chi connectivity index (χ1v) is 11.7. The molecular formula is C14H18N10O4S2. The third kappa shape index (κ3) is 3.43. The Balaban J connectivity index is 2.03. The molecule has 30 heavy (non-hydrogen) atoms. The zero-order chi connectivity index (χ0) is 21.5. The van der Waals surface area contributed by atoms with Gasteiger partial charge in [0.25, 0.3) is 0 Å². The SMILES string of the molecule is NCCNS(=O)(=O)c1ccc(N2CCn3ccnc32)c(-c2nnn[nH]2)c1S(N)(=O)=O. The number of sulfonamides is 2. The molecule has 1 aliphatic heterocycles. The van der Waals surface area contributed by atoms with Crippen molar-refractivity contribution in [2.75, 3.05) is 24.5 Å². The van der Waals surface area contributed by atoms with E-state index in [0.29, 0.717) is 24.7 Å². The topological polar surface area (TPSA) is 208 Å². The molecule has 0 unspecified atom stereocenters. The minimum Gasteiger partial charge on any atom is -0.329 e. The number of tetrazole rings is 1. The molecule has 4 rings (SSSR count). The van der Waals surface area contributed by atoms with Crippen LogP contribution < -0.4 is 20.5 Å². The largest absolute Gasteiger partial charge is 0.329 e. The van der Waals surface area contributed by atoms with Gasteiger partial charge in [0.1, 0.15) is 9.79 Å². The van der Waals surface area contributed by atoms with Crippen molar-refractivity contribution in [1.29, 1.82) is 0 Å². The van der Waals surface area contributed by atoms with Gasteiger partial charge < -0.3 is 15.2 Å². The van der Waals surface area contributed by atoms with E-state index in [0.717, 1.165) is 0 Å². The summed E-state index contributed by atoms with van der Waals surface area (Å²) in [5.74, 6) is 0.496. The van der Waals surface area contributed by atoms with E-state index >= 15 is 0 Å². The summed E-state index contributed by atoms with van der Waals surface area (Å²) in [5.41, 5.74) is 5.63. The van der Waals surface area contributed by atoms with Gasteiger partial charge >= 0.3 is 0 Å². The van der Waals surface area contributed by atoms with E-state index in [1.165, 1.54) is 12.1 Å². The van der Waals surface area contributed by atoms with E-state index in [2.05, 4.69) is 30.3 Å². The molecule has 0 spiro atoms. The molecular weight excluding hydrogens is 436 g/mol. The summed E-state index contributed by atoms with van der Waals surface area (Å²) in [7, 11) is -8.78. The monoisotopic (exact) mass is 454 g/mol. The maximum absolute atomic E-state index is 12.8. The normalized spacial score (nSPS) is 14.3. The summed E-state index contributed by atoms with van der Waals surface area (Å²) in [6.45, 7) is 1.01. The van der Waals surface area contributed by atoms with E-state index in [-0.39, 0.29) is 24.5 Å². The van der Waals surface area contributed by atoms with Crippen LogP contribution in [0.4, 0.5) is 11.6 Å². The van der Waals surface area contributed by atoms with Gasteiger partial charge in [-0.25, -0.2) is 36.8 Å². The molecule has 0 fully saturated rings. The molecule has 1 aliphatic rings. The summed E-state index contributed by atoms with van der Waals surface area (Å²) in [6.07, 6.45) is 3.38. The number of nitrogens with zero attached hydrogens (tertiary/aromatic N) is 6. The number of primary sulfonamides is 1. The molecule has 0 atom stereocenters. The van der Waals surface area contributed by atoms with Gasteiger partial charge in [0, 0.05) is 38.6 Å². The molecule has 2 aromatic heterocycles. The Bertz CT molecular complexity index is 1280. The van der Waals surface area contributed by atoms with Crippen molar-refractivity contribution in [3.05, 3.63) is 24.5 Å². The van der Waals surface area contributed by atoms with Crippen LogP contribution in [0.5, 0.6) is 0 Å². The Labute approximate surface area is 171 Å². The van der Waals surface area contributed by atoms with Crippen LogP contribution in [0.3, 0.4) is 0 Å². The Hall–Kier alpha value is -2.92. The quantitative estimate of drug-likeness (QED) is 0.311. The fourth-order valence-corrected chi connectivity index (χ4v) is 5.94. The van der Waals surface area contributed by atoms with Crippen LogP contribution in [0.15, 0.2) is 34.3 Å². The van der Waals surface area contributed by atoms with Crippen LogP contribution in [-0.4, -0.2) is 66.6 Å². The number of nitrogens with one attached hydrogen (secondary N) is 2. The second-order valence-electron chi connectivity index (χ2n) is 6.34. The first-order valence-electron chi connectivity index (χ1n) is 8.66. The van der Waals surface area contributed by atoms with Crippen LogP contribution in [0.2, 0.25) is 0 Å². The van der Waals surface area contributed by atoms with Gasteiger partial charge in [0.05, 0.1) is 11.3 Å². The van der Waals surface area contributed by atoms with E-state index in [4.69, 9.17) is 10.9 Å². The van der Waals surface area contributed by atoms with Gasteiger partial charge in [-0.3, -0.25) is 0 Å². The minimum absolute atomic E-state index is 0.0251. The summed E-state index contributed by atoms with van der Waals surface area (Å²) in [6, 6.07) is 2.64. The predicted octanol–water partition coefficient (Wildman–Crippen LogP) is -1.90. The molecule has 14 nitrogen and oxygen atoms in total. The molecule has 6 N–H and O–H groups in total. The number of benzene rings is 1. The Morgan fingerprint density at radius 3 is 2.67 bits per heavy atom. The maximum Gasteiger partial charge on any atom is 0.241 e. The summed E-state index contributed by atoms with van der Waals surface area (Å²) in [4.78, 5) is 4.85. The summed E-state index contributed by atoms with van der Waals surface area (Å²) < 4.78 is 54.9. The van der Waals surface area contributed by atoms with Crippen LogP contribution in [0.1, 0.15) is 0 Å². The van der Waals surface area contributed by atoms with Crippen LogP contribution in [0, 0.1) is 0 Å². The number of fused-ring (bicyclic) bond motifs is 1. The van der Waals surface area contributed by atoms with Crippen molar-refractivity contribution >= 4 is 31.7 Å². The number of anilines is 2. The lowest BCUT2D eigenvalue weighted by Gasteiger charge is -2.22. The van der Waals surface area contributed by atoms with Gasteiger partial charge in [0.15, 0.2) is 5.82 Å². The van der Waals surface area contributed by atoms with Gasteiger partial charge in [-0.2, -0.15) is 0 Å². The van der Waals surface area contributed by atoms with E-state index in [1.807, 2.05) is 4.57 Å². The van der Waals surface area contributed by atoms with Gasteiger partial charge in [0.2, 0.25) is 26.0 Å². The highest BCUT2D eigenvalue weighted by molar-refractivity contribution is 7.92. The third-order valence-electron chi connectivity index (χ3n) is 4.48. The highest BCUT2D eigenvalue weighted by atomic mass is 32.2. The maximum atomic E-state index is 12.8. The molecule has 160 valence electrons. The number of H-pyrrole nitrogens is 1. The molecule has 1 aromatic carbocycles. The van der Waals surface area contributed by atoms with Crippen molar-refractivity contribution < 1.29 is 16.8 Å². The molecule has 0 bridgehead atoms. The fraction of sp³-hybridized carbons (Fsp3) is 0.286. The number of hydrogen-bond donors (Lipinski definition) is 4. The molecule has 3 aromatic rings. The smallest absolute Gasteiger partial charge is 0.241 e. The number of rotatable bonds is 7. The molecule has 0 aliphatic carbocycles. The number of imidazole rings is 1. The number of hydrogen-bond acceptors (Lipinski definition) is 10. The van der Waals surface area contributed by atoms with Crippen molar-refractivity contribution in [2.45, 2.75) is 16.3 Å². The fourth-order valence-electron chi connectivity index (χ4n) is 3.29. The van der Waals surface area contributed by atoms with Crippen LogP contribution in [0.25, 0.3) is 11.4 Å². The standard InChI is InChI=1S/C14H18N10O4S2/c15-3-4-18-30(27,28)10-2-1-9(24-8-7-23-6-5-17-14(23)24)11(12(10)29(16,25)26)13-19-21-22-20-13/h1-2,5-6,18H,3-4,7-8,15H2,(H2,16,25,26)(H,19,20,21,22). The minimum atomic E-state index is -4.53. The first kappa shape index (κ1) is 20.4. The average Bonchev–Trinajstić information content (AvgIpc) is 3.42.